The van der Waals surface area contributed by atoms with Gasteiger partial charge in [0.1, 0.15) is 11.6 Å². The smallest absolute Gasteiger partial charge is 0.254 e. The van der Waals surface area contributed by atoms with E-state index in [0.717, 1.165) is 25.3 Å². The van der Waals surface area contributed by atoms with Gasteiger partial charge in [0, 0.05) is 19.2 Å². The molecule has 0 radical (unpaired) electrons. The van der Waals surface area contributed by atoms with Gasteiger partial charge in [0.25, 0.3) is 5.91 Å². The molecule has 0 spiro atoms. The van der Waals surface area contributed by atoms with E-state index in [-0.39, 0.29) is 23.8 Å². The fourth-order valence-electron chi connectivity index (χ4n) is 2.19. The van der Waals surface area contributed by atoms with Crippen LogP contribution in [0, 0.1) is 5.82 Å². The maximum Gasteiger partial charge on any atom is 0.254 e. The molecule has 6 heteroatoms. The highest BCUT2D eigenvalue weighted by molar-refractivity contribution is 5.96. The van der Waals surface area contributed by atoms with E-state index in [1.165, 1.54) is 12.1 Å². The number of nitrogens with one attached hydrogen (secondary N) is 1. The number of aromatic hydroxyl groups is 1. The Bertz CT molecular complexity index is 513. The quantitative estimate of drug-likeness (QED) is 0.876. The molecular formula is C14H17FN2O3. The van der Waals surface area contributed by atoms with Crippen molar-refractivity contribution in [1.29, 1.82) is 0 Å². The standard InChI is InChI=1S/C14H17FN2O3/c15-12-8-10(18)4-5-11(12)14(20)16-9-13(19)17-6-2-1-3-7-17/h4-5,8,18H,1-3,6-7,9H2,(H,16,20). The minimum Gasteiger partial charge on any atom is -0.508 e. The summed E-state index contributed by atoms with van der Waals surface area (Å²) in [5, 5.41) is 11.5. The summed E-state index contributed by atoms with van der Waals surface area (Å²) < 4.78 is 13.5. The molecule has 1 aromatic rings. The van der Waals surface area contributed by atoms with E-state index in [2.05, 4.69) is 5.32 Å². The van der Waals surface area contributed by atoms with Crippen molar-refractivity contribution in [3.63, 3.8) is 0 Å². The molecule has 1 aliphatic rings. The molecule has 2 amide bonds. The number of piperidine rings is 1. The lowest BCUT2D eigenvalue weighted by Crippen LogP contribution is -2.42. The average Bonchev–Trinajstić information content (AvgIpc) is 2.45. The Hall–Kier alpha value is -2.11. The predicted molar refractivity (Wildman–Crippen MR) is 70.8 cm³/mol. The normalized spacial score (nSPS) is 14.9. The van der Waals surface area contributed by atoms with Crippen molar-refractivity contribution in [3.05, 3.63) is 29.6 Å². The number of rotatable bonds is 3. The van der Waals surface area contributed by atoms with Crippen LogP contribution in [0.2, 0.25) is 0 Å². The zero-order chi connectivity index (χ0) is 14.5. The van der Waals surface area contributed by atoms with E-state index in [0.29, 0.717) is 13.1 Å². The highest BCUT2D eigenvalue weighted by Gasteiger charge is 2.18. The maximum atomic E-state index is 13.5. The summed E-state index contributed by atoms with van der Waals surface area (Å²) in [6, 6.07) is 3.27. The number of halogens is 1. The summed E-state index contributed by atoms with van der Waals surface area (Å²) in [7, 11) is 0. The summed E-state index contributed by atoms with van der Waals surface area (Å²) in [4.78, 5) is 25.3. The van der Waals surface area contributed by atoms with Gasteiger partial charge in [-0.2, -0.15) is 0 Å². The van der Waals surface area contributed by atoms with Crippen LogP contribution >= 0.6 is 0 Å². The number of carbonyl (C=O) groups is 2. The first-order valence-corrected chi connectivity index (χ1v) is 6.62. The van der Waals surface area contributed by atoms with E-state index in [9.17, 15) is 14.0 Å². The molecule has 0 aromatic heterocycles. The van der Waals surface area contributed by atoms with Crippen molar-refractivity contribution < 1.29 is 19.1 Å². The molecule has 5 nitrogen and oxygen atoms in total. The van der Waals surface area contributed by atoms with Crippen molar-refractivity contribution in [3.8, 4) is 5.75 Å². The molecule has 1 aromatic carbocycles. The Morgan fingerprint density at radius 3 is 2.60 bits per heavy atom. The molecule has 20 heavy (non-hydrogen) atoms. The Morgan fingerprint density at radius 2 is 1.95 bits per heavy atom. The summed E-state index contributed by atoms with van der Waals surface area (Å²) in [5.41, 5.74) is -0.186. The molecule has 2 rings (SSSR count). The molecule has 0 atom stereocenters. The Labute approximate surface area is 116 Å². The molecule has 2 N–H and O–H groups in total. The minimum atomic E-state index is -0.812. The van der Waals surface area contributed by atoms with Crippen LogP contribution in [0.15, 0.2) is 18.2 Å². The molecule has 0 bridgehead atoms. The molecule has 0 unspecified atom stereocenters. The highest BCUT2D eigenvalue weighted by Crippen LogP contribution is 2.14. The lowest BCUT2D eigenvalue weighted by Gasteiger charge is -2.26. The number of benzene rings is 1. The van der Waals surface area contributed by atoms with Crippen LogP contribution in [-0.4, -0.2) is 41.5 Å². The lowest BCUT2D eigenvalue weighted by atomic mass is 10.1. The van der Waals surface area contributed by atoms with Gasteiger partial charge < -0.3 is 15.3 Å². The molecule has 1 saturated heterocycles. The number of phenols is 1. The number of likely N-dealkylation sites (tertiary alicyclic amines) is 1. The van der Waals surface area contributed by atoms with Crippen LogP contribution in [-0.2, 0) is 4.79 Å². The molecule has 108 valence electrons. The largest absolute Gasteiger partial charge is 0.508 e. The van der Waals surface area contributed by atoms with E-state index in [1.54, 1.807) is 4.90 Å². The number of amides is 2. The maximum absolute atomic E-state index is 13.5. The van der Waals surface area contributed by atoms with Crippen LogP contribution in [0.5, 0.6) is 5.75 Å². The lowest BCUT2D eigenvalue weighted by molar-refractivity contribution is -0.130. The van der Waals surface area contributed by atoms with E-state index >= 15 is 0 Å². The number of hydrogen-bond acceptors (Lipinski definition) is 3. The fraction of sp³-hybridized carbons (Fsp3) is 0.429. The second-order valence-electron chi connectivity index (χ2n) is 4.79. The van der Waals surface area contributed by atoms with Crippen molar-refractivity contribution >= 4 is 11.8 Å². The Balaban J connectivity index is 1.89. The molecule has 0 aliphatic carbocycles. The van der Waals surface area contributed by atoms with E-state index < -0.39 is 11.7 Å². The van der Waals surface area contributed by atoms with Crippen LogP contribution in [0.4, 0.5) is 4.39 Å². The summed E-state index contributed by atoms with van der Waals surface area (Å²) >= 11 is 0. The van der Waals surface area contributed by atoms with Gasteiger partial charge in [-0.1, -0.05) is 0 Å². The minimum absolute atomic E-state index is 0.140. The van der Waals surface area contributed by atoms with Crippen molar-refractivity contribution in [1.82, 2.24) is 10.2 Å². The Morgan fingerprint density at radius 1 is 1.25 bits per heavy atom. The van der Waals surface area contributed by atoms with Gasteiger partial charge in [-0.3, -0.25) is 9.59 Å². The van der Waals surface area contributed by atoms with Crippen LogP contribution < -0.4 is 5.32 Å². The molecule has 1 heterocycles. The number of nitrogens with zero attached hydrogens (tertiary/aromatic N) is 1. The van der Waals surface area contributed by atoms with Gasteiger partial charge >= 0.3 is 0 Å². The molecule has 0 saturated carbocycles. The Kier molecular flexibility index (Phi) is 4.55. The first kappa shape index (κ1) is 14.3. The average molecular weight is 280 g/mol. The zero-order valence-corrected chi connectivity index (χ0v) is 11.1. The highest BCUT2D eigenvalue weighted by atomic mass is 19.1. The van der Waals surface area contributed by atoms with Gasteiger partial charge in [0.05, 0.1) is 12.1 Å². The first-order valence-electron chi connectivity index (χ1n) is 6.62. The van der Waals surface area contributed by atoms with Gasteiger partial charge in [-0.05, 0) is 31.4 Å². The van der Waals surface area contributed by atoms with Crippen LogP contribution in [0.1, 0.15) is 29.6 Å². The number of carbonyl (C=O) groups excluding carboxylic acids is 2. The van der Waals surface area contributed by atoms with Gasteiger partial charge in [0.15, 0.2) is 0 Å². The third-order valence-electron chi connectivity index (χ3n) is 3.31. The van der Waals surface area contributed by atoms with Crippen LogP contribution in [0.3, 0.4) is 0 Å². The zero-order valence-electron chi connectivity index (χ0n) is 11.1. The monoisotopic (exact) mass is 280 g/mol. The molecular weight excluding hydrogens is 263 g/mol. The van der Waals surface area contributed by atoms with Crippen molar-refractivity contribution in [2.75, 3.05) is 19.6 Å². The topological polar surface area (TPSA) is 69.6 Å². The van der Waals surface area contributed by atoms with Crippen molar-refractivity contribution in [2.45, 2.75) is 19.3 Å². The summed E-state index contributed by atoms with van der Waals surface area (Å²) in [5.74, 6) is -1.87. The first-order chi connectivity index (χ1) is 9.58. The van der Waals surface area contributed by atoms with Crippen LogP contribution in [0.25, 0.3) is 0 Å². The van der Waals surface area contributed by atoms with Crippen molar-refractivity contribution in [2.24, 2.45) is 0 Å². The summed E-state index contributed by atoms with van der Waals surface area (Å²) in [6.45, 7) is 1.28. The number of phenolic OH excluding ortho intramolecular Hbond substituents is 1. The molecule has 1 aliphatic heterocycles. The second kappa shape index (κ2) is 6.36. The summed E-state index contributed by atoms with van der Waals surface area (Å²) in [6.07, 6.45) is 3.08. The number of hydrogen-bond donors (Lipinski definition) is 2. The van der Waals surface area contributed by atoms with Gasteiger partial charge in [0.2, 0.25) is 5.91 Å². The van der Waals surface area contributed by atoms with E-state index in [1.807, 2.05) is 0 Å². The third-order valence-corrected chi connectivity index (χ3v) is 3.31. The van der Waals surface area contributed by atoms with E-state index in [4.69, 9.17) is 5.11 Å². The third kappa shape index (κ3) is 3.46. The fourth-order valence-corrected chi connectivity index (χ4v) is 2.19. The van der Waals surface area contributed by atoms with Gasteiger partial charge in [-0.25, -0.2) is 4.39 Å². The SMILES string of the molecule is O=C(NCC(=O)N1CCCCC1)c1ccc(O)cc1F. The van der Waals surface area contributed by atoms with Gasteiger partial charge in [-0.15, -0.1) is 0 Å². The second-order valence-corrected chi connectivity index (χ2v) is 4.79. The predicted octanol–water partition coefficient (Wildman–Crippen LogP) is 1.27. The molecule has 1 fully saturated rings.